The zero-order valence-electron chi connectivity index (χ0n) is 7.38. The molecular formula is C9H12FNO2. The fraction of sp³-hybridized carbons (Fsp3) is 0.333. The second kappa shape index (κ2) is 4.20. The van der Waals surface area contributed by atoms with E-state index >= 15 is 0 Å². The van der Waals surface area contributed by atoms with Gasteiger partial charge in [-0.05, 0) is 18.6 Å². The molecular weight excluding hydrogens is 173 g/mol. The smallest absolute Gasteiger partial charge is 0.130 e. The summed E-state index contributed by atoms with van der Waals surface area (Å²) in [6, 6.07) is 2.85. The molecule has 13 heavy (non-hydrogen) atoms. The maximum Gasteiger partial charge on any atom is 0.130 e. The van der Waals surface area contributed by atoms with E-state index in [-0.39, 0.29) is 24.3 Å². The molecule has 72 valence electrons. The third-order valence-electron chi connectivity index (χ3n) is 1.90. The van der Waals surface area contributed by atoms with Crippen molar-refractivity contribution >= 4 is 0 Å². The van der Waals surface area contributed by atoms with Crippen LogP contribution in [0.4, 0.5) is 4.39 Å². The Morgan fingerprint density at radius 1 is 1.54 bits per heavy atom. The van der Waals surface area contributed by atoms with Crippen molar-refractivity contribution in [2.45, 2.75) is 13.3 Å². The molecule has 0 atom stereocenters. The molecule has 0 spiro atoms. The van der Waals surface area contributed by atoms with Gasteiger partial charge in [-0.1, -0.05) is 6.07 Å². The maximum atomic E-state index is 13.1. The Balaban J connectivity index is 2.96. The van der Waals surface area contributed by atoms with Crippen LogP contribution in [-0.2, 0) is 11.3 Å². The molecule has 3 nitrogen and oxygen atoms in total. The first-order valence-electron chi connectivity index (χ1n) is 3.95. The topological polar surface area (TPSA) is 55.5 Å². The minimum atomic E-state index is -0.430. The largest absolute Gasteiger partial charge is 0.507 e. The fourth-order valence-electron chi connectivity index (χ4n) is 1.13. The number of nitrogens with two attached hydrogens (primary N) is 1. The lowest BCUT2D eigenvalue weighted by atomic mass is 10.1. The van der Waals surface area contributed by atoms with Gasteiger partial charge in [-0.3, -0.25) is 0 Å². The molecule has 0 aliphatic rings. The van der Waals surface area contributed by atoms with Gasteiger partial charge in [0, 0.05) is 12.0 Å². The number of hydrogen-bond acceptors (Lipinski definition) is 3. The zero-order valence-corrected chi connectivity index (χ0v) is 7.38. The molecule has 0 amide bonds. The highest BCUT2D eigenvalue weighted by molar-refractivity contribution is 5.40. The van der Waals surface area contributed by atoms with Gasteiger partial charge in [0.25, 0.3) is 0 Å². The van der Waals surface area contributed by atoms with E-state index in [9.17, 15) is 9.50 Å². The van der Waals surface area contributed by atoms with Gasteiger partial charge >= 0.3 is 0 Å². The summed E-state index contributed by atoms with van der Waals surface area (Å²) in [6.45, 7) is 1.90. The van der Waals surface area contributed by atoms with Gasteiger partial charge < -0.3 is 9.94 Å². The van der Waals surface area contributed by atoms with E-state index in [1.54, 1.807) is 6.92 Å². The Kier molecular flexibility index (Phi) is 3.22. The number of phenolic OH excluding ortho intramolecular Hbond substituents is 1. The highest BCUT2D eigenvalue weighted by Crippen LogP contribution is 2.24. The summed E-state index contributed by atoms with van der Waals surface area (Å²) in [6.07, 6.45) is 0.274. The molecule has 4 heteroatoms. The summed E-state index contributed by atoms with van der Waals surface area (Å²) >= 11 is 0. The Morgan fingerprint density at radius 3 is 2.85 bits per heavy atom. The van der Waals surface area contributed by atoms with Gasteiger partial charge in [0.15, 0.2) is 0 Å². The quantitative estimate of drug-likeness (QED) is 0.697. The van der Waals surface area contributed by atoms with Crippen LogP contribution in [0.3, 0.4) is 0 Å². The highest BCUT2D eigenvalue weighted by atomic mass is 19.1. The van der Waals surface area contributed by atoms with Crippen LogP contribution >= 0.6 is 0 Å². The second-order valence-electron chi connectivity index (χ2n) is 2.81. The lowest BCUT2D eigenvalue weighted by Gasteiger charge is -2.07. The molecule has 0 fully saturated rings. The Bertz CT molecular complexity index is 302. The molecule has 0 aliphatic heterocycles. The van der Waals surface area contributed by atoms with Gasteiger partial charge in [-0.25, -0.2) is 10.3 Å². The minimum Gasteiger partial charge on any atom is -0.507 e. The van der Waals surface area contributed by atoms with Crippen LogP contribution in [0.25, 0.3) is 0 Å². The van der Waals surface area contributed by atoms with Crippen molar-refractivity contribution in [3.63, 3.8) is 0 Å². The van der Waals surface area contributed by atoms with E-state index in [1.807, 2.05) is 0 Å². The van der Waals surface area contributed by atoms with Crippen molar-refractivity contribution in [1.29, 1.82) is 0 Å². The average Bonchev–Trinajstić information content (AvgIpc) is 2.12. The summed E-state index contributed by atoms with van der Waals surface area (Å²) < 4.78 is 13.1. The van der Waals surface area contributed by atoms with Crippen molar-refractivity contribution < 1.29 is 14.3 Å². The third kappa shape index (κ3) is 2.17. The fourth-order valence-corrected chi connectivity index (χ4v) is 1.13. The predicted molar refractivity (Wildman–Crippen MR) is 46.6 cm³/mol. The van der Waals surface area contributed by atoms with Crippen molar-refractivity contribution in [3.05, 3.63) is 29.1 Å². The number of rotatable bonds is 3. The first kappa shape index (κ1) is 9.95. The van der Waals surface area contributed by atoms with Gasteiger partial charge in [0.1, 0.15) is 11.6 Å². The summed E-state index contributed by atoms with van der Waals surface area (Å²) in [7, 11) is 0. The maximum absolute atomic E-state index is 13.1. The number of phenols is 1. The normalized spacial score (nSPS) is 10.4. The molecule has 0 heterocycles. The van der Waals surface area contributed by atoms with E-state index < -0.39 is 5.82 Å². The van der Waals surface area contributed by atoms with Crippen LogP contribution in [0.1, 0.15) is 11.1 Å². The van der Waals surface area contributed by atoms with Crippen molar-refractivity contribution in [2.24, 2.45) is 5.90 Å². The minimum absolute atomic E-state index is 0.0166. The molecule has 0 bridgehead atoms. The lowest BCUT2D eigenvalue weighted by Crippen LogP contribution is -2.05. The van der Waals surface area contributed by atoms with Gasteiger partial charge in [-0.15, -0.1) is 0 Å². The molecule has 1 aromatic rings. The standard InChI is InChI=1S/C9H12FNO2/c1-6-2-3-8(10)7(9(6)12)4-5-13-11/h2-3,12H,4-5,11H2,1H3. The van der Waals surface area contributed by atoms with Crippen LogP contribution in [0, 0.1) is 12.7 Å². The van der Waals surface area contributed by atoms with Crippen LogP contribution in [0.15, 0.2) is 12.1 Å². The monoisotopic (exact) mass is 185 g/mol. The van der Waals surface area contributed by atoms with Gasteiger partial charge in [0.05, 0.1) is 6.61 Å². The predicted octanol–water partition coefficient (Wildman–Crippen LogP) is 1.27. The number of halogens is 1. The van der Waals surface area contributed by atoms with Gasteiger partial charge in [0.2, 0.25) is 0 Å². The van der Waals surface area contributed by atoms with E-state index in [4.69, 9.17) is 5.90 Å². The number of benzene rings is 1. The molecule has 0 unspecified atom stereocenters. The van der Waals surface area contributed by atoms with Crippen molar-refractivity contribution in [2.75, 3.05) is 6.61 Å². The SMILES string of the molecule is Cc1ccc(F)c(CCON)c1O. The Labute approximate surface area is 75.9 Å². The molecule has 0 saturated heterocycles. The Morgan fingerprint density at radius 2 is 2.23 bits per heavy atom. The number of aryl methyl sites for hydroxylation is 1. The average molecular weight is 185 g/mol. The molecule has 0 saturated carbocycles. The molecule has 1 aromatic carbocycles. The summed E-state index contributed by atoms with van der Waals surface area (Å²) in [5.74, 6) is 4.36. The van der Waals surface area contributed by atoms with E-state index in [0.717, 1.165) is 0 Å². The van der Waals surface area contributed by atoms with Crippen LogP contribution in [0.5, 0.6) is 5.75 Å². The molecule has 3 N–H and O–H groups in total. The number of hydrogen-bond donors (Lipinski definition) is 2. The lowest BCUT2D eigenvalue weighted by molar-refractivity contribution is 0.140. The van der Waals surface area contributed by atoms with E-state index in [1.165, 1.54) is 12.1 Å². The molecule has 1 rings (SSSR count). The third-order valence-corrected chi connectivity index (χ3v) is 1.90. The van der Waals surface area contributed by atoms with E-state index in [2.05, 4.69) is 4.84 Å². The van der Waals surface area contributed by atoms with E-state index in [0.29, 0.717) is 5.56 Å². The Hall–Kier alpha value is -1.13. The van der Waals surface area contributed by atoms with Crippen LogP contribution < -0.4 is 5.90 Å². The molecule has 0 aromatic heterocycles. The summed E-state index contributed by atoms with van der Waals surface area (Å²) in [5.41, 5.74) is 0.902. The van der Waals surface area contributed by atoms with Crippen LogP contribution in [-0.4, -0.2) is 11.7 Å². The summed E-state index contributed by atoms with van der Waals surface area (Å²) in [5, 5.41) is 9.47. The zero-order chi connectivity index (χ0) is 9.84. The second-order valence-corrected chi connectivity index (χ2v) is 2.81. The molecule has 0 aliphatic carbocycles. The van der Waals surface area contributed by atoms with Crippen LogP contribution in [0.2, 0.25) is 0 Å². The van der Waals surface area contributed by atoms with Gasteiger partial charge in [-0.2, -0.15) is 0 Å². The first-order valence-corrected chi connectivity index (χ1v) is 3.95. The highest BCUT2D eigenvalue weighted by Gasteiger charge is 2.09. The summed E-state index contributed by atoms with van der Waals surface area (Å²) in [4.78, 5) is 4.32. The van der Waals surface area contributed by atoms with Crippen molar-refractivity contribution in [1.82, 2.24) is 0 Å². The number of aromatic hydroxyl groups is 1. The van der Waals surface area contributed by atoms with Crippen molar-refractivity contribution in [3.8, 4) is 5.75 Å². The molecule has 0 radical (unpaired) electrons. The first-order chi connectivity index (χ1) is 6.16.